The third-order valence-corrected chi connectivity index (χ3v) is 6.10. The summed E-state index contributed by atoms with van der Waals surface area (Å²) < 4.78 is 40.8. The Bertz CT molecular complexity index is 650. The van der Waals surface area contributed by atoms with Crippen molar-refractivity contribution < 1.29 is 12.8 Å². The highest BCUT2D eigenvalue weighted by Gasteiger charge is 2.36. The Morgan fingerprint density at radius 3 is 2.38 bits per heavy atom. The van der Waals surface area contributed by atoms with Crippen LogP contribution in [0.3, 0.4) is 0 Å². The molecule has 3 rings (SSSR count). The molecule has 1 aromatic carbocycles. The fraction of sp³-hybridized carbons (Fsp3) is 0.571. The topological polar surface area (TPSA) is 66.6 Å². The van der Waals surface area contributed by atoms with Crippen molar-refractivity contribution in [1.29, 1.82) is 0 Å². The quantitative estimate of drug-likeness (QED) is 0.851. The maximum atomic E-state index is 14.2. The van der Waals surface area contributed by atoms with Gasteiger partial charge in [0.1, 0.15) is 10.7 Å². The molecule has 2 N–H and O–H groups in total. The predicted octanol–water partition coefficient (Wildman–Crippen LogP) is 1.19. The van der Waals surface area contributed by atoms with E-state index in [1.54, 1.807) is 0 Å². The molecular formula is C14H20FN3O2S. The van der Waals surface area contributed by atoms with Crippen molar-refractivity contribution in [2.75, 3.05) is 31.9 Å². The molecule has 1 saturated carbocycles. The summed E-state index contributed by atoms with van der Waals surface area (Å²) in [4.78, 5) is 2.01. The van der Waals surface area contributed by atoms with E-state index in [4.69, 9.17) is 5.73 Å². The number of aryl methyl sites for hydroxylation is 1. The Kier molecular flexibility index (Phi) is 3.67. The first-order valence-corrected chi connectivity index (χ1v) is 8.63. The second-order valence-electron chi connectivity index (χ2n) is 5.82. The zero-order valence-electron chi connectivity index (χ0n) is 12.0. The Labute approximate surface area is 124 Å². The lowest BCUT2D eigenvalue weighted by Gasteiger charge is -2.34. The van der Waals surface area contributed by atoms with Crippen LogP contribution < -0.4 is 5.73 Å². The molecule has 0 bridgehead atoms. The number of nitrogens with zero attached hydrogens (tertiary/aromatic N) is 2. The monoisotopic (exact) mass is 313 g/mol. The van der Waals surface area contributed by atoms with Crippen molar-refractivity contribution in [3.8, 4) is 0 Å². The van der Waals surface area contributed by atoms with E-state index in [-0.39, 0.29) is 16.1 Å². The van der Waals surface area contributed by atoms with E-state index in [0.717, 1.165) is 0 Å². The zero-order chi connectivity index (χ0) is 15.2. The van der Waals surface area contributed by atoms with Gasteiger partial charge < -0.3 is 5.73 Å². The van der Waals surface area contributed by atoms with Crippen LogP contribution in [0.2, 0.25) is 0 Å². The Hall–Kier alpha value is -1.18. The molecule has 0 unspecified atom stereocenters. The summed E-state index contributed by atoms with van der Waals surface area (Å²) in [5.74, 6) is -0.700. The minimum absolute atomic E-state index is 0.255. The van der Waals surface area contributed by atoms with Crippen LogP contribution in [-0.2, 0) is 10.0 Å². The number of anilines is 1. The molecule has 21 heavy (non-hydrogen) atoms. The van der Waals surface area contributed by atoms with E-state index >= 15 is 0 Å². The standard InChI is InChI=1S/C14H20FN3O2S/c1-10-8-11(16)9-13(14(10)15)21(19,20)18-6-4-17(5-7-18)12-2-3-12/h8-9,12H,2-7,16H2,1H3. The number of rotatable bonds is 3. The van der Waals surface area contributed by atoms with Gasteiger partial charge in [-0.15, -0.1) is 0 Å². The van der Waals surface area contributed by atoms with Gasteiger partial charge in [-0.25, -0.2) is 12.8 Å². The van der Waals surface area contributed by atoms with E-state index in [9.17, 15) is 12.8 Å². The molecule has 116 valence electrons. The molecule has 1 aliphatic heterocycles. The molecule has 0 amide bonds. The number of benzene rings is 1. The van der Waals surface area contributed by atoms with Crippen LogP contribution in [0, 0.1) is 12.7 Å². The van der Waals surface area contributed by atoms with Crippen LogP contribution in [0.15, 0.2) is 17.0 Å². The number of nitrogens with two attached hydrogens (primary N) is 1. The van der Waals surface area contributed by atoms with Gasteiger partial charge in [0.2, 0.25) is 10.0 Å². The maximum absolute atomic E-state index is 14.2. The largest absolute Gasteiger partial charge is 0.399 e. The zero-order valence-corrected chi connectivity index (χ0v) is 12.9. The van der Waals surface area contributed by atoms with Crippen molar-refractivity contribution in [2.45, 2.75) is 30.7 Å². The van der Waals surface area contributed by atoms with Crippen LogP contribution in [0.5, 0.6) is 0 Å². The summed E-state index contributed by atoms with van der Waals surface area (Å²) in [7, 11) is -3.81. The summed E-state index contributed by atoms with van der Waals surface area (Å²) in [5.41, 5.74) is 6.19. The van der Waals surface area contributed by atoms with Crippen molar-refractivity contribution >= 4 is 15.7 Å². The van der Waals surface area contributed by atoms with Crippen LogP contribution in [0.25, 0.3) is 0 Å². The lowest BCUT2D eigenvalue weighted by atomic mass is 10.2. The second kappa shape index (κ2) is 5.23. The minimum Gasteiger partial charge on any atom is -0.399 e. The normalized spacial score (nSPS) is 21.6. The van der Waals surface area contributed by atoms with Gasteiger partial charge in [0.15, 0.2) is 0 Å². The average Bonchev–Trinajstić information content (AvgIpc) is 3.27. The highest BCUT2D eigenvalue weighted by atomic mass is 32.2. The minimum atomic E-state index is -3.81. The number of piperazine rings is 1. The van der Waals surface area contributed by atoms with Crippen LogP contribution in [0.1, 0.15) is 18.4 Å². The van der Waals surface area contributed by atoms with Gasteiger partial charge in [0, 0.05) is 37.9 Å². The first-order chi connectivity index (χ1) is 9.89. The molecule has 5 nitrogen and oxygen atoms in total. The smallest absolute Gasteiger partial charge is 0.246 e. The summed E-state index contributed by atoms with van der Waals surface area (Å²) in [6.07, 6.45) is 2.41. The van der Waals surface area contributed by atoms with Gasteiger partial charge in [-0.05, 0) is 37.5 Å². The van der Waals surface area contributed by atoms with Gasteiger partial charge in [0.05, 0.1) is 0 Å². The van der Waals surface area contributed by atoms with Crippen molar-refractivity contribution in [2.24, 2.45) is 0 Å². The van der Waals surface area contributed by atoms with E-state index < -0.39 is 15.8 Å². The van der Waals surface area contributed by atoms with Crippen LogP contribution >= 0.6 is 0 Å². The Morgan fingerprint density at radius 2 is 1.81 bits per heavy atom. The SMILES string of the molecule is Cc1cc(N)cc(S(=O)(=O)N2CCN(C3CC3)CC2)c1F. The molecular weight excluding hydrogens is 293 g/mol. The molecule has 7 heteroatoms. The van der Waals surface area contributed by atoms with Gasteiger partial charge in [-0.3, -0.25) is 4.90 Å². The first kappa shape index (κ1) is 14.7. The van der Waals surface area contributed by atoms with Crippen molar-refractivity contribution in [1.82, 2.24) is 9.21 Å². The first-order valence-electron chi connectivity index (χ1n) is 7.19. The van der Waals surface area contributed by atoms with E-state index in [2.05, 4.69) is 4.90 Å². The highest BCUT2D eigenvalue weighted by molar-refractivity contribution is 7.89. The number of sulfonamides is 1. The van der Waals surface area contributed by atoms with E-state index in [1.165, 1.54) is 36.2 Å². The summed E-state index contributed by atoms with van der Waals surface area (Å²) >= 11 is 0. The summed E-state index contributed by atoms with van der Waals surface area (Å²) in [5, 5.41) is 0. The molecule has 0 spiro atoms. The van der Waals surface area contributed by atoms with Crippen molar-refractivity contribution in [3.05, 3.63) is 23.5 Å². The molecule has 1 aliphatic carbocycles. The molecule has 0 atom stereocenters. The van der Waals surface area contributed by atoms with Gasteiger partial charge in [-0.2, -0.15) is 4.31 Å². The third kappa shape index (κ3) is 2.77. The number of hydrogen-bond acceptors (Lipinski definition) is 4. The fourth-order valence-corrected chi connectivity index (χ4v) is 4.43. The predicted molar refractivity (Wildman–Crippen MR) is 78.9 cm³/mol. The van der Waals surface area contributed by atoms with Gasteiger partial charge in [0.25, 0.3) is 0 Å². The summed E-state index contributed by atoms with van der Waals surface area (Å²) in [6, 6.07) is 3.28. The maximum Gasteiger partial charge on any atom is 0.246 e. The number of halogens is 1. The lowest BCUT2D eigenvalue weighted by Crippen LogP contribution is -2.49. The van der Waals surface area contributed by atoms with Gasteiger partial charge >= 0.3 is 0 Å². The molecule has 0 radical (unpaired) electrons. The molecule has 1 aromatic rings. The molecule has 2 fully saturated rings. The number of nitrogen functional groups attached to an aromatic ring is 1. The molecule has 1 saturated heterocycles. The Morgan fingerprint density at radius 1 is 1.19 bits per heavy atom. The highest BCUT2D eigenvalue weighted by Crippen LogP contribution is 2.30. The fourth-order valence-electron chi connectivity index (χ4n) is 2.84. The second-order valence-corrected chi connectivity index (χ2v) is 7.73. The molecule has 1 heterocycles. The number of hydrogen-bond donors (Lipinski definition) is 1. The van der Waals surface area contributed by atoms with Crippen LogP contribution in [0.4, 0.5) is 10.1 Å². The Balaban J connectivity index is 1.84. The van der Waals surface area contributed by atoms with Gasteiger partial charge in [-0.1, -0.05) is 0 Å². The average molecular weight is 313 g/mol. The third-order valence-electron chi connectivity index (χ3n) is 4.20. The summed E-state index contributed by atoms with van der Waals surface area (Å²) in [6.45, 7) is 3.77. The lowest BCUT2D eigenvalue weighted by molar-refractivity contribution is 0.180. The van der Waals surface area contributed by atoms with Crippen molar-refractivity contribution in [3.63, 3.8) is 0 Å². The van der Waals surface area contributed by atoms with Crippen LogP contribution in [-0.4, -0.2) is 49.8 Å². The van der Waals surface area contributed by atoms with E-state index in [1.807, 2.05) is 0 Å². The van der Waals surface area contributed by atoms with E-state index in [0.29, 0.717) is 32.2 Å². The molecule has 2 aliphatic rings. The molecule has 0 aromatic heterocycles.